The zero-order valence-corrected chi connectivity index (χ0v) is 7.59. The van der Waals surface area contributed by atoms with Crippen molar-refractivity contribution < 1.29 is 35.2 Å². The zero-order chi connectivity index (χ0) is 7.86. The first-order valence-electron chi connectivity index (χ1n) is 1.74. The molecular weight excluding hydrogens is 196 g/mol. The second-order valence-electron chi connectivity index (χ2n) is 0.867. The topological polar surface area (TPSA) is 153 Å². The second kappa shape index (κ2) is 16.1. The molecule has 0 aromatic rings. The Labute approximate surface area is 71.7 Å². The van der Waals surface area contributed by atoms with Crippen molar-refractivity contribution in [2.24, 2.45) is 0 Å². The van der Waals surface area contributed by atoms with Gasteiger partial charge in [0.15, 0.2) is 0 Å². The minimum Gasteiger partial charge on any atom is -0.369 e. The molecule has 0 aromatic carbocycles. The number of aliphatic carboxylic acids is 2. The molecule has 7 heteroatoms. The van der Waals surface area contributed by atoms with Gasteiger partial charge in [0, 0.05) is 5.97 Å². The molecule has 0 aliphatic rings. The molecule has 0 aliphatic heterocycles. The van der Waals surface area contributed by atoms with Gasteiger partial charge in [-0.25, -0.2) is 0 Å². The van der Waals surface area contributed by atoms with E-state index in [9.17, 15) is 0 Å². The van der Waals surface area contributed by atoms with Gasteiger partial charge in [-0.2, -0.15) is 0 Å². The van der Waals surface area contributed by atoms with E-state index >= 15 is 0 Å². The third-order valence-corrected chi connectivity index (χ3v) is 0.298. The quantitative estimate of drug-likeness (QED) is 0.430. The van der Waals surface area contributed by atoms with Crippen LogP contribution < -0.4 is 22.5 Å². The van der Waals surface area contributed by atoms with E-state index in [1.54, 1.807) is 4.73 Å². The standard InChI is InChI=1S/C2H4O2.C2HO2.Fe.2H3N/c2*1-2(3)4;;;/h1H3,(H,3,4);(H,3,4);;2*1H3. The summed E-state index contributed by atoms with van der Waals surface area (Å²) in [7, 11) is 0. The second-order valence-corrected chi connectivity index (χ2v) is 1.14. The first-order valence-corrected chi connectivity index (χ1v) is 2.30. The van der Waals surface area contributed by atoms with Gasteiger partial charge in [-0.3, -0.25) is 0 Å². The van der Waals surface area contributed by atoms with Crippen molar-refractivity contribution in [3.8, 4) is 4.73 Å². The molecular formula is C4H11FeN2O4. The van der Waals surface area contributed by atoms with Crippen molar-refractivity contribution in [1.29, 1.82) is 0 Å². The molecule has 0 bridgehead atoms. The maximum Gasteiger partial charge on any atom is -0.369 e. The fourth-order valence-corrected chi connectivity index (χ4v) is 0. The smallest absolute Gasteiger partial charge is 0.369 e. The number of carbonyl (C=O) groups is 2. The minimum atomic E-state index is -1.36. The Balaban J connectivity index is -0.0000000383. The van der Waals surface area contributed by atoms with Crippen LogP contribution in [0.15, 0.2) is 0 Å². The van der Waals surface area contributed by atoms with E-state index in [4.69, 9.17) is 19.8 Å². The molecule has 0 saturated heterocycles. The first kappa shape index (κ1) is 22.5. The Bertz CT molecular complexity index is 149. The van der Waals surface area contributed by atoms with E-state index in [1.807, 2.05) is 0 Å². The fourth-order valence-electron chi connectivity index (χ4n) is 0. The summed E-state index contributed by atoms with van der Waals surface area (Å²) in [6.45, 7) is 0.972. The van der Waals surface area contributed by atoms with Crippen LogP contribution in [-0.2, 0) is 25.0 Å². The molecule has 0 fully saturated rings. The molecule has 8 N–H and O–H groups in total. The predicted molar refractivity (Wildman–Crippen MR) is 31.5 cm³/mol. The van der Waals surface area contributed by atoms with Crippen molar-refractivity contribution >= 4 is 11.9 Å². The van der Waals surface area contributed by atoms with Gasteiger partial charge >= 0.3 is 36.0 Å². The van der Waals surface area contributed by atoms with Gasteiger partial charge in [-0.1, -0.05) is 0 Å². The Morgan fingerprint density at radius 3 is 1.36 bits per heavy atom. The van der Waals surface area contributed by atoms with Crippen LogP contribution in [0.25, 0.3) is 0 Å². The summed E-state index contributed by atoms with van der Waals surface area (Å²) in [5, 5.41) is 18.0. The molecule has 11 heavy (non-hydrogen) atoms. The van der Waals surface area contributed by atoms with E-state index in [0.717, 1.165) is 6.92 Å². The van der Waals surface area contributed by atoms with Gasteiger partial charge in [0.25, 0.3) is 0 Å². The molecule has 0 rings (SSSR count). The number of hydrogen-bond acceptors (Lipinski definition) is 4. The Kier molecular flexibility index (Phi) is 32.8. The largest absolute Gasteiger partial charge is 0.369 e. The Morgan fingerprint density at radius 1 is 1.27 bits per heavy atom. The van der Waals surface area contributed by atoms with Gasteiger partial charge in [-0.05, 0) is 6.92 Å². The third-order valence-electron chi connectivity index (χ3n) is 0.0722. The van der Waals surface area contributed by atoms with Gasteiger partial charge in [-0.15, -0.1) is 0 Å². The molecule has 0 aromatic heterocycles. The summed E-state index contributed by atoms with van der Waals surface area (Å²) in [6, 6.07) is 0. The zero-order valence-electron chi connectivity index (χ0n) is 6.49. The van der Waals surface area contributed by atoms with E-state index in [0.29, 0.717) is 0 Å². The van der Waals surface area contributed by atoms with Crippen LogP contribution in [0.4, 0.5) is 0 Å². The summed E-state index contributed by atoms with van der Waals surface area (Å²) >= 11 is 2.77. The third kappa shape index (κ3) is 349. The van der Waals surface area contributed by atoms with Crippen LogP contribution in [0.1, 0.15) is 6.92 Å². The van der Waals surface area contributed by atoms with Crippen molar-refractivity contribution in [2.75, 3.05) is 0 Å². The molecule has 6 nitrogen and oxygen atoms in total. The van der Waals surface area contributed by atoms with E-state index in [2.05, 4.69) is 15.4 Å². The van der Waals surface area contributed by atoms with Gasteiger partial charge in [0.2, 0.25) is 0 Å². The predicted octanol–water partition coefficient (Wildman–Crippen LogP) is -2.25. The number of carboxylic acid groups (broad SMARTS) is 2. The molecule has 0 atom stereocenters. The van der Waals surface area contributed by atoms with Crippen LogP contribution in [-0.4, -0.2) is 11.9 Å². The fraction of sp³-hybridized carbons (Fsp3) is 0.250. The Morgan fingerprint density at radius 2 is 1.36 bits per heavy atom. The normalized spacial score (nSPS) is 4.82. The summed E-state index contributed by atoms with van der Waals surface area (Å²) in [5.41, 5.74) is 0. The molecule has 0 aliphatic carbocycles. The number of carboxylic acids is 2. The van der Waals surface area contributed by atoms with Crippen LogP contribution in [0, 0.1) is 4.73 Å². The van der Waals surface area contributed by atoms with Crippen LogP contribution in [0.2, 0.25) is 0 Å². The molecule has 0 radical (unpaired) electrons. The maximum atomic E-state index is 9.08. The molecule has 0 unspecified atom stereocenters. The van der Waals surface area contributed by atoms with Crippen LogP contribution >= 0.6 is 0 Å². The number of carbonyl (C=O) groups excluding carboxylic acids is 2. The van der Waals surface area contributed by atoms with Crippen LogP contribution in [0.3, 0.4) is 0 Å². The summed E-state index contributed by atoms with van der Waals surface area (Å²) in [6.07, 6.45) is 0. The van der Waals surface area contributed by atoms with Crippen LogP contribution in [0.5, 0.6) is 0 Å². The molecule has 0 spiro atoms. The first-order chi connectivity index (χ1) is 4.00. The van der Waals surface area contributed by atoms with Gasteiger partial charge < -0.3 is 22.2 Å². The minimum absolute atomic E-state index is 0. The van der Waals surface area contributed by atoms with Crippen molar-refractivity contribution in [1.82, 2.24) is 12.3 Å². The maximum absolute atomic E-state index is 9.08. The number of quaternary nitrogens is 2. The molecule has 69 valence electrons. The molecule has 0 saturated carbocycles. The monoisotopic (exact) mass is 207 g/mol. The van der Waals surface area contributed by atoms with E-state index < -0.39 is 11.9 Å². The van der Waals surface area contributed by atoms with E-state index in [1.165, 1.54) is 0 Å². The summed E-state index contributed by atoms with van der Waals surface area (Å²) in [5.74, 6) is -2.44. The average Bonchev–Trinajstić information content (AvgIpc) is 1.65. The SMILES string of the molecule is CC(=O)[O-].O=C([O-])[C]#[Fe].[NH4+].[NH4+]. The molecule has 0 amide bonds. The Hall–Kier alpha value is -0.841. The average molecular weight is 207 g/mol. The van der Waals surface area contributed by atoms with Gasteiger partial charge in [0.1, 0.15) is 0 Å². The van der Waals surface area contributed by atoms with Crippen molar-refractivity contribution in [3.63, 3.8) is 0 Å². The summed E-state index contributed by atoms with van der Waals surface area (Å²) < 4.78 is 1.58. The van der Waals surface area contributed by atoms with E-state index in [-0.39, 0.29) is 12.3 Å². The van der Waals surface area contributed by atoms with Gasteiger partial charge in [0.05, 0.1) is 0 Å². The van der Waals surface area contributed by atoms with Crippen molar-refractivity contribution in [2.45, 2.75) is 6.92 Å². The number of hydrogen-bond donors (Lipinski definition) is 2. The summed E-state index contributed by atoms with van der Waals surface area (Å²) in [4.78, 5) is 18.0. The van der Waals surface area contributed by atoms with Crippen molar-refractivity contribution in [3.05, 3.63) is 0 Å². The number of rotatable bonds is 0. The molecule has 0 heterocycles.